The highest BCUT2D eigenvalue weighted by Crippen LogP contribution is 2.28. The van der Waals surface area contributed by atoms with Crippen LogP contribution in [0.25, 0.3) is 16.8 Å². The second kappa shape index (κ2) is 6.25. The molecule has 0 aromatic carbocycles. The number of imidazole rings is 1. The van der Waals surface area contributed by atoms with Crippen LogP contribution in [0, 0.1) is 0 Å². The topological polar surface area (TPSA) is 93.2 Å². The smallest absolute Gasteiger partial charge is 0.352 e. The molecule has 1 aliphatic heterocycles. The first-order valence-electron chi connectivity index (χ1n) is 8.83. The highest BCUT2D eigenvalue weighted by Gasteiger charge is 2.38. The Labute approximate surface area is 161 Å². The zero-order chi connectivity index (χ0) is 20.2. The first kappa shape index (κ1) is 17.6. The molecule has 0 aliphatic carbocycles. The number of aromatic nitrogens is 8. The molecule has 0 spiro atoms. The van der Waals surface area contributed by atoms with Gasteiger partial charge in [0.1, 0.15) is 12.1 Å². The van der Waals surface area contributed by atoms with Crippen molar-refractivity contribution in [1.29, 1.82) is 0 Å². The summed E-state index contributed by atoms with van der Waals surface area (Å²) in [7, 11) is 1.87. The maximum atomic E-state index is 13.1. The summed E-state index contributed by atoms with van der Waals surface area (Å²) in [4.78, 5) is 17.0. The first-order chi connectivity index (χ1) is 13.9. The Morgan fingerprint density at radius 2 is 1.69 bits per heavy atom. The Morgan fingerprint density at radius 3 is 2.45 bits per heavy atom. The molecule has 0 atom stereocenters. The third-order valence-corrected chi connectivity index (χ3v) is 4.88. The molecule has 0 unspecified atom stereocenters. The van der Waals surface area contributed by atoms with Crippen LogP contribution < -0.4 is 9.80 Å². The van der Waals surface area contributed by atoms with Crippen molar-refractivity contribution in [3.8, 4) is 0 Å². The van der Waals surface area contributed by atoms with Gasteiger partial charge in [-0.2, -0.15) is 17.7 Å². The van der Waals surface area contributed by atoms with Gasteiger partial charge in [-0.3, -0.25) is 0 Å². The first-order valence-corrected chi connectivity index (χ1v) is 8.83. The minimum Gasteiger partial charge on any atom is -0.352 e. The van der Waals surface area contributed by atoms with Crippen molar-refractivity contribution < 1.29 is 13.2 Å². The van der Waals surface area contributed by atoms with Gasteiger partial charge in [0.25, 0.3) is 5.82 Å². The van der Waals surface area contributed by atoms with Gasteiger partial charge in [-0.25, -0.2) is 15.0 Å². The molecule has 10 nitrogen and oxygen atoms in total. The van der Waals surface area contributed by atoms with Crippen LogP contribution in [0.2, 0.25) is 0 Å². The molecule has 13 heteroatoms. The van der Waals surface area contributed by atoms with Crippen LogP contribution in [-0.2, 0) is 13.2 Å². The largest absolute Gasteiger partial charge is 0.453 e. The fourth-order valence-corrected chi connectivity index (χ4v) is 3.44. The SMILES string of the molecule is Cn1cnc2c(N3CCN(c4ccc5nnc(C(F)(F)F)n5n4)CC3)ncnc21. The molecule has 1 saturated heterocycles. The molecular weight excluding hydrogens is 389 g/mol. The van der Waals surface area contributed by atoms with Crippen molar-refractivity contribution in [3.05, 3.63) is 30.6 Å². The Morgan fingerprint density at radius 1 is 0.931 bits per heavy atom. The van der Waals surface area contributed by atoms with E-state index in [1.54, 1.807) is 12.4 Å². The lowest BCUT2D eigenvalue weighted by Crippen LogP contribution is -2.47. The van der Waals surface area contributed by atoms with E-state index in [9.17, 15) is 13.2 Å². The molecular formula is C16H15F3N10. The number of fused-ring (bicyclic) bond motifs is 2. The summed E-state index contributed by atoms with van der Waals surface area (Å²) in [6, 6.07) is 3.14. The van der Waals surface area contributed by atoms with Gasteiger partial charge >= 0.3 is 6.18 Å². The van der Waals surface area contributed by atoms with Crippen molar-refractivity contribution in [3.63, 3.8) is 0 Å². The Bertz CT molecular complexity index is 1190. The average Bonchev–Trinajstić information content (AvgIpc) is 3.31. The maximum Gasteiger partial charge on any atom is 0.453 e. The zero-order valence-electron chi connectivity index (χ0n) is 15.2. The fourth-order valence-electron chi connectivity index (χ4n) is 3.44. The van der Waals surface area contributed by atoms with Crippen LogP contribution in [-0.4, -0.2) is 65.5 Å². The van der Waals surface area contributed by atoms with E-state index >= 15 is 0 Å². The molecule has 5 rings (SSSR count). The predicted molar refractivity (Wildman–Crippen MR) is 96.5 cm³/mol. The second-order valence-corrected chi connectivity index (χ2v) is 6.68. The van der Waals surface area contributed by atoms with Crippen LogP contribution >= 0.6 is 0 Å². The molecule has 0 saturated carbocycles. The van der Waals surface area contributed by atoms with E-state index in [1.807, 2.05) is 16.5 Å². The maximum absolute atomic E-state index is 13.1. The lowest BCUT2D eigenvalue weighted by Gasteiger charge is -2.35. The quantitative estimate of drug-likeness (QED) is 0.491. The third kappa shape index (κ3) is 2.89. The monoisotopic (exact) mass is 404 g/mol. The number of alkyl halides is 3. The van der Waals surface area contributed by atoms with Gasteiger partial charge in [0.2, 0.25) is 0 Å². The van der Waals surface area contributed by atoms with Crippen LogP contribution in [0.15, 0.2) is 24.8 Å². The van der Waals surface area contributed by atoms with Crippen molar-refractivity contribution >= 4 is 28.4 Å². The molecule has 0 amide bonds. The van der Waals surface area contributed by atoms with Gasteiger partial charge in [-0.1, -0.05) is 0 Å². The van der Waals surface area contributed by atoms with Gasteiger partial charge < -0.3 is 14.4 Å². The minimum atomic E-state index is -4.62. The number of piperazine rings is 1. The third-order valence-electron chi connectivity index (χ3n) is 4.88. The summed E-state index contributed by atoms with van der Waals surface area (Å²) < 4.78 is 41.8. The van der Waals surface area contributed by atoms with E-state index in [4.69, 9.17) is 0 Å². The number of hydrogen-bond acceptors (Lipinski definition) is 8. The van der Waals surface area contributed by atoms with Crippen LogP contribution in [0.1, 0.15) is 5.82 Å². The summed E-state index contributed by atoms with van der Waals surface area (Å²) >= 11 is 0. The standard InChI is InChI=1S/C16H15F3N10/c1-26-9-22-12-13(26)20-8-21-14(12)28-6-4-27(5-7-28)11-3-2-10-23-24-15(16(17,18)19)29(10)25-11/h2-3,8-9H,4-7H2,1H3. The van der Waals surface area contributed by atoms with Crippen molar-refractivity contribution in [1.82, 2.24) is 39.3 Å². The van der Waals surface area contributed by atoms with Crippen molar-refractivity contribution in [2.75, 3.05) is 36.0 Å². The molecule has 1 aliphatic rings. The molecule has 4 aromatic rings. The zero-order valence-corrected chi connectivity index (χ0v) is 15.2. The van der Waals surface area contributed by atoms with Crippen LogP contribution in [0.4, 0.5) is 24.8 Å². The summed E-state index contributed by atoms with van der Waals surface area (Å²) in [5.41, 5.74) is 1.53. The van der Waals surface area contributed by atoms with Crippen LogP contribution in [0.5, 0.6) is 0 Å². The van der Waals surface area contributed by atoms with Gasteiger partial charge in [0, 0.05) is 33.2 Å². The van der Waals surface area contributed by atoms with E-state index in [-0.39, 0.29) is 5.65 Å². The lowest BCUT2D eigenvalue weighted by atomic mass is 10.3. The fraction of sp³-hybridized carbons (Fsp3) is 0.375. The Hall–Kier alpha value is -3.51. The average molecular weight is 404 g/mol. The number of halogens is 3. The molecule has 0 N–H and O–H groups in total. The van der Waals surface area contributed by atoms with E-state index in [1.165, 1.54) is 12.4 Å². The number of aryl methyl sites for hydroxylation is 1. The van der Waals surface area contributed by atoms with Gasteiger partial charge in [0.15, 0.2) is 22.6 Å². The lowest BCUT2D eigenvalue weighted by molar-refractivity contribution is -0.146. The molecule has 1 fully saturated rings. The van der Waals surface area contributed by atoms with E-state index in [2.05, 4.69) is 35.1 Å². The summed E-state index contributed by atoms with van der Waals surface area (Å²) in [6.45, 7) is 2.38. The van der Waals surface area contributed by atoms with Crippen molar-refractivity contribution in [2.24, 2.45) is 7.05 Å². The Kier molecular flexibility index (Phi) is 3.79. The van der Waals surface area contributed by atoms with Crippen LogP contribution in [0.3, 0.4) is 0 Å². The summed E-state index contributed by atoms with van der Waals surface area (Å²) in [5.74, 6) is 0.0523. The highest BCUT2D eigenvalue weighted by atomic mass is 19.4. The molecule has 150 valence electrons. The normalized spacial score (nSPS) is 15.6. The molecule has 29 heavy (non-hydrogen) atoms. The number of hydrogen-bond donors (Lipinski definition) is 0. The minimum absolute atomic E-state index is 0.0539. The molecule has 5 heterocycles. The molecule has 0 radical (unpaired) electrons. The molecule has 4 aromatic heterocycles. The predicted octanol–water partition coefficient (Wildman–Crippen LogP) is 1.15. The molecule has 0 bridgehead atoms. The number of nitrogens with zero attached hydrogens (tertiary/aromatic N) is 10. The summed E-state index contributed by atoms with van der Waals surface area (Å²) in [5, 5.41) is 10.9. The van der Waals surface area contributed by atoms with Gasteiger partial charge in [-0.15, -0.1) is 15.3 Å². The van der Waals surface area contributed by atoms with E-state index in [0.29, 0.717) is 32.0 Å². The van der Waals surface area contributed by atoms with E-state index < -0.39 is 12.0 Å². The Balaban J connectivity index is 1.39. The van der Waals surface area contributed by atoms with Gasteiger partial charge in [0.05, 0.1) is 6.33 Å². The number of rotatable bonds is 2. The second-order valence-electron chi connectivity index (χ2n) is 6.68. The van der Waals surface area contributed by atoms with Crippen molar-refractivity contribution in [2.45, 2.75) is 6.18 Å². The highest BCUT2D eigenvalue weighted by molar-refractivity contribution is 5.83. The summed E-state index contributed by atoms with van der Waals surface area (Å²) in [6.07, 6.45) is -1.42. The van der Waals surface area contributed by atoms with Gasteiger partial charge in [-0.05, 0) is 12.1 Å². The number of anilines is 2. The van der Waals surface area contributed by atoms with E-state index in [0.717, 1.165) is 21.5 Å².